The number of guanidine groups is 1. The van der Waals surface area contributed by atoms with Gasteiger partial charge in [0.05, 0.1) is 6.04 Å². The summed E-state index contributed by atoms with van der Waals surface area (Å²) >= 11 is 0. The van der Waals surface area contributed by atoms with Gasteiger partial charge in [0.15, 0.2) is 5.96 Å². The predicted molar refractivity (Wildman–Crippen MR) is 217 cm³/mol. The van der Waals surface area contributed by atoms with Gasteiger partial charge < -0.3 is 60.6 Å². The van der Waals surface area contributed by atoms with Crippen LogP contribution in [0.25, 0.3) is 0 Å². The zero-order chi connectivity index (χ0) is 43.5. The summed E-state index contributed by atoms with van der Waals surface area (Å²) in [6, 6.07) is 10.5. The number of carbonyl (C=O) groups is 8. The quantitative estimate of drug-likeness (QED) is 0.0286. The molecule has 0 unspecified atom stereocenters. The normalized spacial score (nSPS) is 15.9. The molecule has 0 aliphatic carbocycles. The molecule has 20 heteroatoms. The van der Waals surface area contributed by atoms with Crippen molar-refractivity contribution in [2.75, 3.05) is 13.1 Å². The van der Waals surface area contributed by atoms with Gasteiger partial charge in [0.1, 0.15) is 30.2 Å². The summed E-state index contributed by atoms with van der Waals surface area (Å²) in [6.07, 6.45) is -0.0332. The Kier molecular flexibility index (Phi) is 18.7. The molecule has 16 N–H and O–H groups in total. The number of benzene rings is 2. The van der Waals surface area contributed by atoms with Crippen molar-refractivity contribution in [3.63, 3.8) is 0 Å². The fraction of sp³-hybridized carbons (Fsp3) is 0.462. The molecule has 0 radical (unpaired) electrons. The minimum Gasteiger partial charge on any atom is -0.370 e. The topological polar surface area (TPSA) is 356 Å². The third kappa shape index (κ3) is 16.1. The number of hydrogen-bond donors (Lipinski definition) is 10. The first-order chi connectivity index (χ1) is 28.0. The number of likely N-dealkylation sites (tertiary alicyclic amines) is 1. The van der Waals surface area contributed by atoms with Crippen LogP contribution in [0.2, 0.25) is 0 Å². The average Bonchev–Trinajstić information content (AvgIpc) is 3.69. The summed E-state index contributed by atoms with van der Waals surface area (Å²) < 4.78 is 0. The Balaban J connectivity index is 1.79. The average molecular weight is 821 g/mol. The minimum atomic E-state index is -1.42. The molecule has 2 aromatic carbocycles. The number of nitrogens with one attached hydrogen (secondary N) is 4. The minimum absolute atomic E-state index is 0.0139. The van der Waals surface area contributed by atoms with Crippen molar-refractivity contribution in [3.8, 4) is 0 Å². The molecular weight excluding hydrogens is 765 g/mol. The van der Waals surface area contributed by atoms with Crippen LogP contribution in [0.4, 0.5) is 0 Å². The van der Waals surface area contributed by atoms with E-state index in [1.54, 1.807) is 54.6 Å². The largest absolute Gasteiger partial charge is 0.370 e. The van der Waals surface area contributed by atoms with Gasteiger partial charge >= 0.3 is 0 Å². The Hall–Kier alpha value is -6.57. The molecule has 1 heterocycles. The van der Waals surface area contributed by atoms with Crippen molar-refractivity contribution in [1.82, 2.24) is 26.2 Å². The third-order valence-corrected chi connectivity index (χ3v) is 9.60. The van der Waals surface area contributed by atoms with E-state index in [9.17, 15) is 38.4 Å². The Morgan fingerprint density at radius 1 is 0.644 bits per heavy atom. The van der Waals surface area contributed by atoms with Gasteiger partial charge in [-0.15, -0.1) is 0 Å². The monoisotopic (exact) mass is 820 g/mol. The molecule has 320 valence electrons. The molecule has 1 aliphatic heterocycles. The van der Waals surface area contributed by atoms with E-state index in [4.69, 9.17) is 34.4 Å². The first-order valence-corrected chi connectivity index (χ1v) is 19.3. The summed E-state index contributed by atoms with van der Waals surface area (Å²) in [5.41, 5.74) is 34.9. The summed E-state index contributed by atoms with van der Waals surface area (Å²) in [4.78, 5) is 110. The first kappa shape index (κ1) is 46.8. The highest BCUT2D eigenvalue weighted by atomic mass is 16.2. The second-order valence-electron chi connectivity index (χ2n) is 14.3. The molecule has 1 fully saturated rings. The van der Waals surface area contributed by atoms with E-state index < -0.39 is 83.5 Å². The number of hydrogen-bond acceptors (Lipinski definition) is 10. The first-order valence-electron chi connectivity index (χ1n) is 19.3. The second kappa shape index (κ2) is 23.6. The van der Waals surface area contributed by atoms with E-state index in [1.165, 1.54) is 4.90 Å². The van der Waals surface area contributed by atoms with Crippen LogP contribution in [0.1, 0.15) is 62.5 Å². The van der Waals surface area contributed by atoms with E-state index in [0.717, 1.165) is 5.56 Å². The molecule has 2 aromatic rings. The van der Waals surface area contributed by atoms with Crippen LogP contribution in [0.5, 0.6) is 0 Å². The van der Waals surface area contributed by atoms with Crippen molar-refractivity contribution in [2.24, 2.45) is 39.4 Å². The zero-order valence-corrected chi connectivity index (χ0v) is 32.8. The highest BCUT2D eigenvalue weighted by Gasteiger charge is 2.39. The Morgan fingerprint density at radius 3 is 1.69 bits per heavy atom. The predicted octanol–water partition coefficient (Wildman–Crippen LogP) is -3.20. The van der Waals surface area contributed by atoms with Crippen LogP contribution in [0.3, 0.4) is 0 Å². The van der Waals surface area contributed by atoms with Crippen molar-refractivity contribution >= 4 is 53.2 Å². The van der Waals surface area contributed by atoms with Gasteiger partial charge in [-0.25, -0.2) is 0 Å². The lowest BCUT2D eigenvalue weighted by molar-refractivity contribution is -0.142. The Morgan fingerprint density at radius 2 is 1.15 bits per heavy atom. The molecule has 1 saturated heterocycles. The highest BCUT2D eigenvalue weighted by Crippen LogP contribution is 2.21. The van der Waals surface area contributed by atoms with Crippen LogP contribution in [0, 0.1) is 0 Å². The molecule has 0 spiro atoms. The van der Waals surface area contributed by atoms with Crippen molar-refractivity contribution in [3.05, 3.63) is 71.8 Å². The standard InChI is InChI=1S/C39H56N12O8/c40-25(21-23-9-3-1-4-10-23)34(55)49-28(16-18-32(42)53)38(59)51-20-8-14-30(51)37(58)48-27(15-17-31(41)52)36(57)47-26(13-7-19-46-39(44)45)35(56)50-29(33(43)54)22-24-11-5-2-6-12-24/h1-6,9-12,25-30H,7-8,13-22,40H2,(H2,41,52)(H2,42,53)(H2,43,54)(H,47,57)(H,48,58)(H,49,55)(H,50,56)(H4,44,45,46)/t25-,26-,27-,28-,29-,30-/m0/s1. The summed E-state index contributed by atoms with van der Waals surface area (Å²) in [5.74, 6) is -6.20. The van der Waals surface area contributed by atoms with Gasteiger partial charge in [-0.2, -0.15) is 0 Å². The van der Waals surface area contributed by atoms with E-state index in [1.807, 2.05) is 6.07 Å². The number of aliphatic imine (C=N–C) groups is 1. The van der Waals surface area contributed by atoms with E-state index in [0.29, 0.717) is 12.0 Å². The third-order valence-electron chi connectivity index (χ3n) is 9.60. The van der Waals surface area contributed by atoms with E-state index in [2.05, 4.69) is 26.3 Å². The number of carbonyl (C=O) groups excluding carboxylic acids is 8. The van der Waals surface area contributed by atoms with Crippen LogP contribution >= 0.6 is 0 Å². The number of amides is 8. The summed E-state index contributed by atoms with van der Waals surface area (Å²) in [6.45, 7) is 0.203. The fourth-order valence-electron chi connectivity index (χ4n) is 6.50. The maximum absolute atomic E-state index is 14.0. The van der Waals surface area contributed by atoms with Gasteiger partial charge in [0, 0.05) is 32.4 Å². The molecule has 6 atom stereocenters. The molecule has 0 bridgehead atoms. The van der Waals surface area contributed by atoms with Crippen molar-refractivity contribution < 1.29 is 38.4 Å². The van der Waals surface area contributed by atoms with Crippen molar-refractivity contribution in [1.29, 1.82) is 0 Å². The molecule has 20 nitrogen and oxygen atoms in total. The molecule has 59 heavy (non-hydrogen) atoms. The van der Waals surface area contributed by atoms with Crippen LogP contribution in [-0.4, -0.2) is 107 Å². The van der Waals surface area contributed by atoms with Crippen molar-refractivity contribution in [2.45, 2.75) is 100 Å². The molecule has 3 rings (SSSR count). The lowest BCUT2D eigenvalue weighted by atomic mass is 10.0. The molecule has 8 amide bonds. The molecule has 1 aliphatic rings. The van der Waals surface area contributed by atoms with Gasteiger partial charge in [0.2, 0.25) is 47.3 Å². The summed E-state index contributed by atoms with van der Waals surface area (Å²) in [5, 5.41) is 10.4. The Bertz CT molecular complexity index is 1810. The molecular formula is C39H56N12O8. The maximum Gasteiger partial charge on any atom is 0.245 e. The Labute approximate surface area is 342 Å². The van der Waals surface area contributed by atoms with Gasteiger partial charge in [0.25, 0.3) is 0 Å². The molecule has 0 aromatic heterocycles. The fourth-order valence-corrected chi connectivity index (χ4v) is 6.50. The number of primary amides is 3. The van der Waals surface area contributed by atoms with Crippen LogP contribution in [0.15, 0.2) is 65.7 Å². The second-order valence-corrected chi connectivity index (χ2v) is 14.3. The van der Waals surface area contributed by atoms with Crippen LogP contribution < -0.4 is 55.7 Å². The lowest BCUT2D eigenvalue weighted by Gasteiger charge is -2.30. The smallest absolute Gasteiger partial charge is 0.245 e. The number of rotatable bonds is 24. The van der Waals surface area contributed by atoms with Gasteiger partial charge in [-0.1, -0.05) is 60.7 Å². The number of nitrogens with two attached hydrogens (primary N) is 6. The van der Waals surface area contributed by atoms with Crippen LogP contribution in [-0.2, 0) is 51.2 Å². The summed E-state index contributed by atoms with van der Waals surface area (Å²) in [7, 11) is 0. The van der Waals surface area contributed by atoms with Gasteiger partial charge in [-0.05, 0) is 56.1 Å². The van der Waals surface area contributed by atoms with Gasteiger partial charge in [-0.3, -0.25) is 43.3 Å². The zero-order valence-electron chi connectivity index (χ0n) is 32.8. The molecule has 0 saturated carbocycles. The van der Waals surface area contributed by atoms with E-state index >= 15 is 0 Å². The SMILES string of the molecule is NC(=O)CC[C@H](NC(=O)[C@@H]1CCCN1C(=O)[C@H](CCC(N)=O)NC(=O)[C@@H](N)Cc1ccccc1)C(=O)N[C@@H](CCCN=C(N)N)C(=O)N[C@@H](Cc1ccccc1)C(N)=O. The lowest BCUT2D eigenvalue weighted by Crippen LogP contribution is -2.59. The maximum atomic E-state index is 14.0. The highest BCUT2D eigenvalue weighted by molar-refractivity contribution is 5.97. The van der Waals surface area contributed by atoms with E-state index in [-0.39, 0.29) is 76.8 Å². The number of nitrogens with zero attached hydrogens (tertiary/aromatic N) is 2.